The molecule has 2 aromatic rings. The Bertz CT molecular complexity index is 747. The van der Waals surface area contributed by atoms with E-state index in [1.807, 2.05) is 0 Å². The molecule has 0 spiro atoms. The second-order valence-corrected chi connectivity index (χ2v) is 5.84. The van der Waals surface area contributed by atoms with Crippen LogP contribution in [0.25, 0.3) is 0 Å². The van der Waals surface area contributed by atoms with Gasteiger partial charge in [-0.25, -0.2) is 4.79 Å². The summed E-state index contributed by atoms with van der Waals surface area (Å²) in [5.41, 5.74) is 0.400. The Hall–Kier alpha value is -2.75. The van der Waals surface area contributed by atoms with Crippen molar-refractivity contribution in [3.05, 3.63) is 36.0 Å². The number of benzene rings is 1. The quantitative estimate of drug-likeness (QED) is 0.873. The Balaban J connectivity index is 1.49. The fourth-order valence-corrected chi connectivity index (χ4v) is 2.66. The average molecular weight is 367 g/mol. The van der Waals surface area contributed by atoms with Crippen LogP contribution in [-0.2, 0) is 6.54 Å². The van der Waals surface area contributed by atoms with Gasteiger partial charge in [-0.1, -0.05) is 11.2 Å². The third-order valence-corrected chi connectivity index (χ3v) is 3.90. The van der Waals surface area contributed by atoms with Crippen molar-refractivity contribution >= 4 is 11.7 Å². The molecule has 1 aromatic carbocycles. The first kappa shape index (κ1) is 18.1. The highest BCUT2D eigenvalue weighted by atomic mass is 19.3. The number of anilines is 1. The van der Waals surface area contributed by atoms with Crippen LogP contribution < -0.4 is 10.1 Å². The number of piperazine rings is 1. The normalized spacial score (nSPS) is 15.3. The van der Waals surface area contributed by atoms with Gasteiger partial charge in [0.15, 0.2) is 5.82 Å². The van der Waals surface area contributed by atoms with Crippen LogP contribution >= 0.6 is 0 Å². The van der Waals surface area contributed by atoms with E-state index in [1.54, 1.807) is 17.9 Å². The molecule has 26 heavy (non-hydrogen) atoms. The standard InChI is InChI=1S/C16H19F2N5O3/c1-11-19-14(26-21-11)10-22-5-7-23(8-6-22)16(24)20-12-3-2-4-13(9-12)25-15(17)18/h2-4,9,15H,5-8,10H2,1H3,(H,20,24). The molecule has 0 atom stereocenters. The van der Waals surface area contributed by atoms with Gasteiger partial charge in [-0.2, -0.15) is 13.8 Å². The van der Waals surface area contributed by atoms with Gasteiger partial charge in [-0.3, -0.25) is 4.90 Å². The molecule has 3 rings (SSSR count). The van der Waals surface area contributed by atoms with Crippen molar-refractivity contribution in [2.75, 3.05) is 31.5 Å². The van der Waals surface area contributed by atoms with E-state index in [0.717, 1.165) is 0 Å². The number of nitrogens with zero attached hydrogens (tertiary/aromatic N) is 4. The van der Waals surface area contributed by atoms with Crippen LogP contribution in [0.3, 0.4) is 0 Å². The molecular weight excluding hydrogens is 348 g/mol. The second-order valence-electron chi connectivity index (χ2n) is 5.84. The number of carbonyl (C=O) groups excluding carboxylic acids is 1. The Morgan fingerprint density at radius 1 is 1.35 bits per heavy atom. The summed E-state index contributed by atoms with van der Waals surface area (Å²) < 4.78 is 34.0. The molecule has 1 fully saturated rings. The molecule has 1 N–H and O–H groups in total. The van der Waals surface area contributed by atoms with Crippen molar-refractivity contribution in [2.24, 2.45) is 0 Å². The lowest BCUT2D eigenvalue weighted by Gasteiger charge is -2.33. The minimum absolute atomic E-state index is 0.00234. The maximum Gasteiger partial charge on any atom is 0.387 e. The van der Waals surface area contributed by atoms with Crippen molar-refractivity contribution in [3.63, 3.8) is 0 Å². The average Bonchev–Trinajstić information content (AvgIpc) is 3.00. The first-order valence-electron chi connectivity index (χ1n) is 8.12. The summed E-state index contributed by atoms with van der Waals surface area (Å²) in [5, 5.41) is 6.45. The fourth-order valence-electron chi connectivity index (χ4n) is 2.66. The highest BCUT2D eigenvalue weighted by molar-refractivity contribution is 5.89. The summed E-state index contributed by atoms with van der Waals surface area (Å²) in [6.07, 6.45) is 0. The molecule has 0 bridgehead atoms. The van der Waals surface area contributed by atoms with Gasteiger partial charge in [-0.05, 0) is 19.1 Å². The van der Waals surface area contributed by atoms with Crippen LogP contribution in [0.4, 0.5) is 19.3 Å². The highest BCUT2D eigenvalue weighted by Gasteiger charge is 2.22. The molecule has 10 heteroatoms. The zero-order chi connectivity index (χ0) is 18.5. The Morgan fingerprint density at radius 3 is 2.77 bits per heavy atom. The van der Waals surface area contributed by atoms with E-state index >= 15 is 0 Å². The van der Waals surface area contributed by atoms with Crippen LogP contribution in [0, 0.1) is 6.92 Å². The number of ether oxygens (including phenoxy) is 1. The highest BCUT2D eigenvalue weighted by Crippen LogP contribution is 2.20. The van der Waals surface area contributed by atoms with Crippen LogP contribution in [-0.4, -0.2) is 58.8 Å². The zero-order valence-corrected chi connectivity index (χ0v) is 14.2. The lowest BCUT2D eigenvalue weighted by Crippen LogP contribution is -2.49. The van der Waals surface area contributed by atoms with E-state index in [-0.39, 0.29) is 11.8 Å². The van der Waals surface area contributed by atoms with Gasteiger partial charge < -0.3 is 19.5 Å². The van der Waals surface area contributed by atoms with Gasteiger partial charge in [0.2, 0.25) is 5.89 Å². The van der Waals surface area contributed by atoms with Crippen LogP contribution in [0.15, 0.2) is 28.8 Å². The number of hydrogen-bond acceptors (Lipinski definition) is 6. The minimum atomic E-state index is -2.91. The summed E-state index contributed by atoms with van der Waals surface area (Å²) in [6.45, 7) is 1.81. The maximum absolute atomic E-state index is 12.3. The molecule has 8 nitrogen and oxygen atoms in total. The van der Waals surface area contributed by atoms with Crippen LogP contribution in [0.5, 0.6) is 5.75 Å². The van der Waals surface area contributed by atoms with Gasteiger partial charge in [-0.15, -0.1) is 0 Å². The molecule has 2 heterocycles. The van der Waals surface area contributed by atoms with E-state index in [0.29, 0.717) is 50.1 Å². The predicted octanol–water partition coefficient (Wildman–Crippen LogP) is 2.33. The molecule has 0 unspecified atom stereocenters. The number of hydrogen-bond donors (Lipinski definition) is 1. The van der Waals surface area contributed by atoms with E-state index in [9.17, 15) is 13.6 Å². The molecule has 1 aliphatic rings. The Labute approximate surface area is 148 Å². The summed E-state index contributed by atoms with van der Waals surface area (Å²) >= 11 is 0. The van der Waals surface area contributed by atoms with E-state index in [4.69, 9.17) is 4.52 Å². The molecule has 2 amide bonds. The van der Waals surface area contributed by atoms with Gasteiger partial charge in [0.25, 0.3) is 0 Å². The first-order chi connectivity index (χ1) is 12.5. The first-order valence-corrected chi connectivity index (χ1v) is 8.12. The third-order valence-electron chi connectivity index (χ3n) is 3.90. The molecule has 0 radical (unpaired) electrons. The number of urea groups is 1. The van der Waals surface area contributed by atoms with Crippen molar-refractivity contribution in [1.29, 1.82) is 0 Å². The number of halogens is 2. The van der Waals surface area contributed by atoms with Crippen molar-refractivity contribution < 1.29 is 22.8 Å². The number of carbonyl (C=O) groups is 1. The SMILES string of the molecule is Cc1noc(CN2CCN(C(=O)Nc3cccc(OC(F)F)c3)CC2)n1. The van der Waals surface area contributed by atoms with E-state index in [2.05, 4.69) is 25.1 Å². The summed E-state index contributed by atoms with van der Waals surface area (Å²) in [6, 6.07) is 5.63. The van der Waals surface area contributed by atoms with Gasteiger partial charge in [0, 0.05) is 37.9 Å². The molecular formula is C16H19F2N5O3. The van der Waals surface area contributed by atoms with Crippen molar-refractivity contribution in [1.82, 2.24) is 19.9 Å². The van der Waals surface area contributed by atoms with E-state index in [1.165, 1.54) is 18.2 Å². The zero-order valence-electron chi connectivity index (χ0n) is 14.2. The fraction of sp³-hybridized carbons (Fsp3) is 0.438. The molecule has 140 valence electrons. The van der Waals surface area contributed by atoms with Gasteiger partial charge in [0.1, 0.15) is 5.75 Å². The number of alkyl halides is 2. The predicted molar refractivity (Wildman–Crippen MR) is 88.0 cm³/mol. The topological polar surface area (TPSA) is 83.7 Å². The molecule has 1 aromatic heterocycles. The van der Waals surface area contributed by atoms with Crippen molar-refractivity contribution in [3.8, 4) is 5.75 Å². The second kappa shape index (κ2) is 8.09. The molecule has 0 saturated carbocycles. The summed E-state index contributed by atoms with van der Waals surface area (Å²) in [5.74, 6) is 1.14. The number of aryl methyl sites for hydroxylation is 1. The molecule has 0 aliphatic carbocycles. The number of nitrogens with one attached hydrogen (secondary N) is 1. The Kier molecular flexibility index (Phi) is 5.61. The third kappa shape index (κ3) is 4.88. The largest absolute Gasteiger partial charge is 0.435 e. The number of aromatic nitrogens is 2. The smallest absolute Gasteiger partial charge is 0.387 e. The van der Waals surface area contributed by atoms with Crippen molar-refractivity contribution in [2.45, 2.75) is 20.1 Å². The minimum Gasteiger partial charge on any atom is -0.435 e. The Morgan fingerprint density at radius 2 is 2.12 bits per heavy atom. The van der Waals surface area contributed by atoms with Gasteiger partial charge in [0.05, 0.1) is 6.54 Å². The van der Waals surface area contributed by atoms with E-state index < -0.39 is 6.61 Å². The number of rotatable bonds is 5. The van der Waals surface area contributed by atoms with Crippen LogP contribution in [0.1, 0.15) is 11.7 Å². The maximum atomic E-state index is 12.3. The summed E-state index contributed by atoms with van der Waals surface area (Å²) in [7, 11) is 0. The molecule has 1 aliphatic heterocycles. The van der Waals surface area contributed by atoms with Crippen LogP contribution in [0.2, 0.25) is 0 Å². The monoisotopic (exact) mass is 367 g/mol. The number of amides is 2. The lowest BCUT2D eigenvalue weighted by molar-refractivity contribution is -0.0497. The lowest BCUT2D eigenvalue weighted by atomic mass is 10.3. The molecule has 1 saturated heterocycles. The van der Waals surface area contributed by atoms with Gasteiger partial charge >= 0.3 is 12.6 Å². The summed E-state index contributed by atoms with van der Waals surface area (Å²) in [4.78, 5) is 20.3.